The fourth-order valence-electron chi connectivity index (χ4n) is 5.37. The molecule has 3 heterocycles. The molecule has 1 atom stereocenters. The van der Waals surface area contributed by atoms with Crippen LogP contribution < -0.4 is 16.1 Å². The Balaban J connectivity index is 1.53. The van der Waals surface area contributed by atoms with Gasteiger partial charge in [-0.3, -0.25) is 13.9 Å². The molecule has 0 bridgehead atoms. The Morgan fingerprint density at radius 3 is 2.47 bits per heavy atom. The Morgan fingerprint density at radius 2 is 1.69 bits per heavy atom. The molecule has 0 spiro atoms. The second-order valence-corrected chi connectivity index (χ2v) is 9.80. The van der Waals surface area contributed by atoms with Crippen LogP contribution >= 0.6 is 0 Å². The molecule has 182 valence electrons. The monoisotopic (exact) mass is 479 g/mol. The molecule has 0 radical (unpaired) electrons. The van der Waals surface area contributed by atoms with Crippen LogP contribution in [0.2, 0.25) is 0 Å². The minimum absolute atomic E-state index is 0.209. The number of nitrogens with zero attached hydrogens (tertiary/aromatic N) is 5. The zero-order valence-corrected chi connectivity index (χ0v) is 20.8. The molecule has 0 aliphatic carbocycles. The van der Waals surface area contributed by atoms with Crippen LogP contribution in [-0.4, -0.2) is 25.2 Å². The first-order valence-electron chi connectivity index (χ1n) is 12.5. The molecular weight excluding hydrogens is 450 g/mol. The van der Waals surface area contributed by atoms with Crippen LogP contribution in [0.3, 0.4) is 0 Å². The normalized spacial score (nSPS) is 15.5. The van der Waals surface area contributed by atoms with Crippen LogP contribution in [0.5, 0.6) is 0 Å². The Labute approximate surface area is 208 Å². The topological polar surface area (TPSA) is 65.1 Å². The van der Waals surface area contributed by atoms with E-state index in [1.54, 1.807) is 7.05 Å². The van der Waals surface area contributed by atoms with E-state index in [9.17, 15) is 9.59 Å². The van der Waals surface area contributed by atoms with Crippen LogP contribution in [0.25, 0.3) is 21.9 Å². The van der Waals surface area contributed by atoms with Crippen molar-refractivity contribution >= 4 is 33.6 Å². The number of aryl methyl sites for hydroxylation is 2. The summed E-state index contributed by atoms with van der Waals surface area (Å²) in [5.41, 5.74) is 3.51. The molecule has 36 heavy (non-hydrogen) atoms. The van der Waals surface area contributed by atoms with E-state index in [0.717, 1.165) is 35.0 Å². The van der Waals surface area contributed by atoms with Crippen molar-refractivity contribution in [2.24, 2.45) is 13.0 Å². The molecule has 0 saturated heterocycles. The van der Waals surface area contributed by atoms with E-state index in [4.69, 9.17) is 4.98 Å². The third kappa shape index (κ3) is 3.46. The number of hydrogen-bond acceptors (Lipinski definition) is 4. The van der Waals surface area contributed by atoms with Gasteiger partial charge >= 0.3 is 5.69 Å². The van der Waals surface area contributed by atoms with Crippen molar-refractivity contribution in [1.29, 1.82) is 0 Å². The van der Waals surface area contributed by atoms with Gasteiger partial charge in [-0.1, -0.05) is 68.4 Å². The molecule has 1 aliphatic rings. The largest absolute Gasteiger partial charge is 0.332 e. The smallest absolute Gasteiger partial charge is 0.312 e. The summed E-state index contributed by atoms with van der Waals surface area (Å²) in [4.78, 5) is 34.3. The van der Waals surface area contributed by atoms with Gasteiger partial charge in [-0.2, -0.15) is 4.98 Å². The maximum atomic E-state index is 13.9. The first kappa shape index (κ1) is 22.3. The summed E-state index contributed by atoms with van der Waals surface area (Å²) in [7, 11) is 1.70. The van der Waals surface area contributed by atoms with Crippen LogP contribution in [0.4, 0.5) is 11.6 Å². The van der Waals surface area contributed by atoms with E-state index in [1.165, 1.54) is 14.7 Å². The molecule has 0 fully saturated rings. The van der Waals surface area contributed by atoms with Crippen LogP contribution in [0.15, 0.2) is 76.3 Å². The molecule has 0 amide bonds. The summed E-state index contributed by atoms with van der Waals surface area (Å²) in [5.74, 6) is 1.02. The second kappa shape index (κ2) is 8.52. The van der Waals surface area contributed by atoms with Gasteiger partial charge in [0.05, 0.1) is 6.54 Å². The van der Waals surface area contributed by atoms with Gasteiger partial charge in [0.25, 0.3) is 5.56 Å². The number of rotatable bonds is 4. The second-order valence-electron chi connectivity index (χ2n) is 9.80. The highest BCUT2D eigenvalue weighted by Gasteiger charge is 2.30. The Bertz CT molecular complexity index is 1720. The highest BCUT2D eigenvalue weighted by atomic mass is 16.2. The van der Waals surface area contributed by atoms with E-state index in [2.05, 4.69) is 43.0 Å². The maximum Gasteiger partial charge on any atom is 0.332 e. The van der Waals surface area contributed by atoms with E-state index >= 15 is 0 Å². The van der Waals surface area contributed by atoms with Gasteiger partial charge in [-0.25, -0.2) is 4.79 Å². The van der Waals surface area contributed by atoms with E-state index < -0.39 is 0 Å². The summed E-state index contributed by atoms with van der Waals surface area (Å²) in [6.45, 7) is 6.01. The van der Waals surface area contributed by atoms with Crippen LogP contribution in [-0.2, 0) is 26.6 Å². The van der Waals surface area contributed by atoms with Crippen molar-refractivity contribution in [2.75, 3.05) is 11.4 Å². The van der Waals surface area contributed by atoms with Gasteiger partial charge < -0.3 is 9.47 Å². The minimum atomic E-state index is -0.359. The SMILES string of the molecule is CCc1ccc(N2C[C@@H](C)Cn3c2nc2c3c(=O)n(Cc3cccc4ccccc34)c(=O)n2C)cc1. The van der Waals surface area contributed by atoms with Gasteiger partial charge in [0.1, 0.15) is 0 Å². The molecule has 5 aromatic rings. The van der Waals surface area contributed by atoms with Gasteiger partial charge in [0, 0.05) is 25.8 Å². The van der Waals surface area contributed by atoms with E-state index in [0.29, 0.717) is 29.6 Å². The quantitative estimate of drug-likeness (QED) is 0.382. The lowest BCUT2D eigenvalue weighted by Crippen LogP contribution is -2.40. The van der Waals surface area contributed by atoms with E-state index in [1.807, 2.05) is 47.0 Å². The summed E-state index contributed by atoms with van der Waals surface area (Å²) >= 11 is 0. The summed E-state index contributed by atoms with van der Waals surface area (Å²) in [6, 6.07) is 22.5. The molecule has 1 aliphatic heterocycles. The molecule has 0 unspecified atom stereocenters. The number of anilines is 2. The standard InChI is InChI=1S/C29H29N5O2/c1-4-20-12-14-23(15-13-20)32-16-19(2)17-33-25-26(30-28(32)33)31(3)29(36)34(27(25)35)18-22-10-7-9-21-8-5-6-11-24(21)22/h5-15,19H,4,16-18H2,1-3H3/t19-/m1/s1. The predicted octanol–water partition coefficient (Wildman–Crippen LogP) is 4.45. The highest BCUT2D eigenvalue weighted by Crippen LogP contribution is 2.33. The van der Waals surface area contributed by atoms with Gasteiger partial charge in [-0.15, -0.1) is 0 Å². The molecule has 0 saturated carbocycles. The summed E-state index contributed by atoms with van der Waals surface area (Å²) in [5, 5.41) is 2.13. The third-order valence-electron chi connectivity index (χ3n) is 7.31. The maximum absolute atomic E-state index is 13.9. The molecular formula is C29H29N5O2. The number of aromatic nitrogens is 4. The van der Waals surface area contributed by atoms with Gasteiger partial charge in [-0.05, 0) is 46.4 Å². The predicted molar refractivity (Wildman–Crippen MR) is 144 cm³/mol. The van der Waals surface area contributed by atoms with E-state index in [-0.39, 0.29) is 17.8 Å². The molecule has 2 aromatic heterocycles. The fraction of sp³-hybridized carbons (Fsp3) is 0.276. The number of fused-ring (bicyclic) bond motifs is 4. The lowest BCUT2D eigenvalue weighted by atomic mass is 10.0. The lowest BCUT2D eigenvalue weighted by Gasteiger charge is -2.33. The molecule has 0 N–H and O–H groups in total. The molecule has 6 rings (SSSR count). The van der Waals surface area contributed by atoms with Crippen molar-refractivity contribution in [1.82, 2.24) is 18.7 Å². The average Bonchev–Trinajstić information content (AvgIpc) is 3.29. The zero-order valence-electron chi connectivity index (χ0n) is 20.8. The summed E-state index contributed by atoms with van der Waals surface area (Å²) in [6.07, 6.45) is 0.980. The van der Waals surface area contributed by atoms with Crippen molar-refractivity contribution in [2.45, 2.75) is 33.4 Å². The van der Waals surface area contributed by atoms with Crippen molar-refractivity contribution < 1.29 is 0 Å². The third-order valence-corrected chi connectivity index (χ3v) is 7.31. The molecule has 3 aromatic carbocycles. The summed E-state index contributed by atoms with van der Waals surface area (Å²) < 4.78 is 4.85. The van der Waals surface area contributed by atoms with Crippen molar-refractivity contribution in [3.8, 4) is 0 Å². The number of imidazole rings is 1. The lowest BCUT2D eigenvalue weighted by molar-refractivity contribution is 0.458. The van der Waals surface area contributed by atoms with Gasteiger partial charge in [0.15, 0.2) is 11.2 Å². The Morgan fingerprint density at radius 1 is 0.944 bits per heavy atom. The van der Waals surface area contributed by atoms with Crippen LogP contribution in [0, 0.1) is 5.92 Å². The molecule has 7 nitrogen and oxygen atoms in total. The average molecular weight is 480 g/mol. The highest BCUT2D eigenvalue weighted by molar-refractivity contribution is 5.85. The fourth-order valence-corrected chi connectivity index (χ4v) is 5.37. The van der Waals surface area contributed by atoms with Crippen LogP contribution in [0.1, 0.15) is 25.0 Å². The zero-order chi connectivity index (χ0) is 25.0. The van der Waals surface area contributed by atoms with Gasteiger partial charge in [0.2, 0.25) is 5.95 Å². The first-order valence-corrected chi connectivity index (χ1v) is 12.5. The van der Waals surface area contributed by atoms with Crippen molar-refractivity contribution in [3.63, 3.8) is 0 Å². The van der Waals surface area contributed by atoms with Crippen molar-refractivity contribution in [3.05, 3.63) is 98.7 Å². The first-order chi connectivity index (χ1) is 17.5. The Kier molecular flexibility index (Phi) is 5.29. The number of hydrogen-bond donors (Lipinski definition) is 0. The number of benzene rings is 3. The Hall–Kier alpha value is -4.13. The molecule has 7 heteroatoms. The minimum Gasteiger partial charge on any atom is -0.312 e.